The van der Waals surface area contributed by atoms with Gasteiger partial charge in [0.2, 0.25) is 0 Å². The summed E-state index contributed by atoms with van der Waals surface area (Å²) in [5, 5.41) is 12.1. The Balaban J connectivity index is 1.32. The van der Waals surface area contributed by atoms with Gasteiger partial charge in [-0.15, -0.1) is 0 Å². The highest BCUT2D eigenvalue weighted by molar-refractivity contribution is 6.42. The summed E-state index contributed by atoms with van der Waals surface area (Å²) in [4.78, 5) is 6.61. The first kappa shape index (κ1) is 26.6. The molecular formula is C27H33Cl2N3O4. The van der Waals surface area contributed by atoms with Gasteiger partial charge in [0.1, 0.15) is 24.8 Å². The van der Waals surface area contributed by atoms with Crippen molar-refractivity contribution in [1.82, 2.24) is 14.5 Å². The quantitative estimate of drug-likeness (QED) is 0.377. The molecule has 2 aromatic carbocycles. The predicted octanol–water partition coefficient (Wildman–Crippen LogP) is 5.38. The third-order valence-electron chi connectivity index (χ3n) is 6.56. The molecule has 7 nitrogen and oxygen atoms in total. The van der Waals surface area contributed by atoms with E-state index in [0.29, 0.717) is 47.5 Å². The van der Waals surface area contributed by atoms with Crippen LogP contribution in [0.3, 0.4) is 0 Å². The van der Waals surface area contributed by atoms with Crippen molar-refractivity contribution in [1.29, 1.82) is 0 Å². The number of aromatic nitrogens is 2. The predicted molar refractivity (Wildman–Crippen MR) is 141 cm³/mol. The van der Waals surface area contributed by atoms with Crippen molar-refractivity contribution in [2.24, 2.45) is 0 Å². The lowest BCUT2D eigenvalue weighted by atomic mass is 9.96. The first-order chi connectivity index (χ1) is 17.3. The molecule has 1 saturated heterocycles. The van der Waals surface area contributed by atoms with Crippen molar-refractivity contribution < 1.29 is 19.3 Å². The Morgan fingerprint density at radius 1 is 1.03 bits per heavy atom. The van der Waals surface area contributed by atoms with Crippen LogP contribution in [0.1, 0.15) is 30.7 Å². The molecule has 0 amide bonds. The number of ether oxygens (including phenoxy) is 3. The van der Waals surface area contributed by atoms with Crippen LogP contribution in [0.2, 0.25) is 10.0 Å². The van der Waals surface area contributed by atoms with E-state index < -0.39 is 5.60 Å². The van der Waals surface area contributed by atoms with Gasteiger partial charge in [0, 0.05) is 31.5 Å². The Kier molecular flexibility index (Phi) is 9.01. The van der Waals surface area contributed by atoms with Gasteiger partial charge in [0.15, 0.2) is 11.5 Å². The monoisotopic (exact) mass is 533 g/mol. The number of hydrogen-bond acceptors (Lipinski definition) is 6. The minimum Gasteiger partial charge on any atom is -0.493 e. The minimum absolute atomic E-state index is 0.218. The fraction of sp³-hybridized carbons (Fsp3) is 0.444. The molecule has 1 unspecified atom stereocenters. The second-order valence-electron chi connectivity index (χ2n) is 9.22. The standard InChI is InChI=1S/C27H33Cl2N3O4/c1-20-30-10-13-32(20)14-15-35-26-16-21(4-7-25(26)34-2)18-31-11-3-8-27(33,9-12-31)19-36-22-5-6-23(28)24(29)17-22/h4-7,10,13,16-17,33H,3,8-9,11-12,14-15,18-19H2,1-2H3. The summed E-state index contributed by atoms with van der Waals surface area (Å²) in [5.74, 6) is 3.01. The van der Waals surface area contributed by atoms with Gasteiger partial charge in [-0.2, -0.15) is 0 Å². The van der Waals surface area contributed by atoms with Crippen LogP contribution >= 0.6 is 23.2 Å². The Hall–Kier alpha value is -2.45. The summed E-state index contributed by atoms with van der Waals surface area (Å²) >= 11 is 12.1. The summed E-state index contributed by atoms with van der Waals surface area (Å²) in [6, 6.07) is 11.2. The number of nitrogens with zero attached hydrogens (tertiary/aromatic N) is 3. The lowest BCUT2D eigenvalue weighted by Gasteiger charge is -2.27. The molecule has 0 aliphatic carbocycles. The summed E-state index contributed by atoms with van der Waals surface area (Å²) in [5.41, 5.74) is 0.252. The van der Waals surface area contributed by atoms with Crippen LogP contribution in [0.4, 0.5) is 0 Å². The molecule has 36 heavy (non-hydrogen) atoms. The van der Waals surface area contributed by atoms with Crippen LogP contribution in [0.5, 0.6) is 17.2 Å². The van der Waals surface area contributed by atoms with Gasteiger partial charge in [0.25, 0.3) is 0 Å². The average Bonchev–Trinajstić information content (AvgIpc) is 3.18. The van der Waals surface area contributed by atoms with Gasteiger partial charge in [-0.25, -0.2) is 4.98 Å². The van der Waals surface area contributed by atoms with Gasteiger partial charge >= 0.3 is 0 Å². The number of methoxy groups -OCH3 is 1. The fourth-order valence-corrected chi connectivity index (χ4v) is 4.69. The number of aliphatic hydroxyl groups is 1. The first-order valence-electron chi connectivity index (χ1n) is 12.2. The summed E-state index contributed by atoms with van der Waals surface area (Å²) < 4.78 is 19.5. The van der Waals surface area contributed by atoms with Gasteiger partial charge in [-0.1, -0.05) is 29.3 Å². The number of likely N-dealkylation sites (tertiary alicyclic amines) is 1. The third kappa shape index (κ3) is 7.07. The summed E-state index contributed by atoms with van der Waals surface area (Å²) in [6.07, 6.45) is 5.92. The van der Waals surface area contributed by atoms with Crippen LogP contribution < -0.4 is 14.2 Å². The average molecular weight is 534 g/mol. The van der Waals surface area contributed by atoms with E-state index in [1.54, 1.807) is 31.5 Å². The second kappa shape index (κ2) is 12.2. The number of benzene rings is 2. The fourth-order valence-electron chi connectivity index (χ4n) is 4.41. The van der Waals surface area contributed by atoms with Gasteiger partial charge in [-0.3, -0.25) is 4.90 Å². The van der Waals surface area contributed by atoms with Crippen molar-refractivity contribution >= 4 is 23.2 Å². The molecule has 9 heteroatoms. The molecule has 4 rings (SSSR count). The van der Waals surface area contributed by atoms with Crippen LogP contribution in [-0.4, -0.2) is 58.6 Å². The molecule has 1 aliphatic rings. The largest absolute Gasteiger partial charge is 0.493 e. The molecule has 1 aromatic heterocycles. The summed E-state index contributed by atoms with van der Waals surface area (Å²) in [6.45, 7) is 5.87. The molecule has 2 heterocycles. The van der Waals surface area contributed by atoms with E-state index in [0.717, 1.165) is 43.2 Å². The summed E-state index contributed by atoms with van der Waals surface area (Å²) in [7, 11) is 1.65. The minimum atomic E-state index is -0.888. The topological polar surface area (TPSA) is 69.0 Å². The van der Waals surface area contributed by atoms with E-state index in [1.807, 2.05) is 25.3 Å². The third-order valence-corrected chi connectivity index (χ3v) is 7.30. The number of halogens is 2. The Morgan fingerprint density at radius 3 is 2.64 bits per heavy atom. The van der Waals surface area contributed by atoms with E-state index in [9.17, 15) is 5.11 Å². The van der Waals surface area contributed by atoms with Crippen LogP contribution in [0.25, 0.3) is 0 Å². The lowest BCUT2D eigenvalue weighted by Crippen LogP contribution is -2.37. The molecule has 3 aromatic rings. The molecule has 1 atom stereocenters. The van der Waals surface area contributed by atoms with Crippen molar-refractivity contribution in [3.63, 3.8) is 0 Å². The number of rotatable bonds is 10. The molecule has 0 spiro atoms. The Morgan fingerprint density at radius 2 is 1.89 bits per heavy atom. The van der Waals surface area contributed by atoms with Crippen LogP contribution in [-0.2, 0) is 13.1 Å². The van der Waals surface area contributed by atoms with Crippen LogP contribution in [0, 0.1) is 6.92 Å². The van der Waals surface area contributed by atoms with Crippen molar-refractivity contribution in [2.45, 2.75) is 44.9 Å². The highest BCUT2D eigenvalue weighted by Crippen LogP contribution is 2.31. The molecule has 1 fully saturated rings. The van der Waals surface area contributed by atoms with Gasteiger partial charge in [0.05, 0.1) is 29.3 Å². The molecule has 0 bridgehead atoms. The zero-order valence-corrected chi connectivity index (χ0v) is 22.3. The van der Waals surface area contributed by atoms with E-state index in [1.165, 1.54) is 0 Å². The maximum atomic E-state index is 11.2. The van der Waals surface area contributed by atoms with Gasteiger partial charge < -0.3 is 23.9 Å². The highest BCUT2D eigenvalue weighted by Gasteiger charge is 2.31. The van der Waals surface area contributed by atoms with E-state index in [2.05, 4.69) is 20.5 Å². The molecule has 0 radical (unpaired) electrons. The highest BCUT2D eigenvalue weighted by atomic mass is 35.5. The molecular weight excluding hydrogens is 501 g/mol. The number of aryl methyl sites for hydroxylation is 1. The lowest BCUT2D eigenvalue weighted by molar-refractivity contribution is -0.0168. The first-order valence-corrected chi connectivity index (χ1v) is 12.9. The second-order valence-corrected chi connectivity index (χ2v) is 10.0. The SMILES string of the molecule is COc1ccc(CN2CCCC(O)(COc3ccc(Cl)c(Cl)c3)CC2)cc1OCCn1ccnc1C. The Labute approximate surface area is 222 Å². The maximum absolute atomic E-state index is 11.2. The van der Waals surface area contributed by atoms with Crippen molar-refractivity contribution in [3.8, 4) is 17.2 Å². The van der Waals surface area contributed by atoms with E-state index in [-0.39, 0.29) is 6.61 Å². The van der Waals surface area contributed by atoms with Crippen molar-refractivity contribution in [2.75, 3.05) is 33.4 Å². The van der Waals surface area contributed by atoms with E-state index in [4.69, 9.17) is 37.4 Å². The zero-order valence-electron chi connectivity index (χ0n) is 20.8. The number of hydrogen-bond donors (Lipinski definition) is 1. The molecule has 0 saturated carbocycles. The zero-order chi connectivity index (χ0) is 25.5. The smallest absolute Gasteiger partial charge is 0.161 e. The van der Waals surface area contributed by atoms with E-state index >= 15 is 0 Å². The maximum Gasteiger partial charge on any atom is 0.161 e. The molecule has 1 aliphatic heterocycles. The normalized spacial score (nSPS) is 18.6. The molecule has 194 valence electrons. The number of imidazole rings is 1. The van der Waals surface area contributed by atoms with Crippen LogP contribution in [0.15, 0.2) is 48.8 Å². The van der Waals surface area contributed by atoms with Gasteiger partial charge in [-0.05, 0) is 62.6 Å². The molecule has 1 N–H and O–H groups in total. The van der Waals surface area contributed by atoms with Crippen molar-refractivity contribution in [3.05, 3.63) is 70.2 Å². The Bertz CT molecular complexity index is 1160.